The van der Waals surface area contributed by atoms with E-state index in [1.54, 1.807) is 0 Å². The van der Waals surface area contributed by atoms with Crippen molar-refractivity contribution in [1.29, 1.82) is 0 Å². The van der Waals surface area contributed by atoms with Gasteiger partial charge in [0.1, 0.15) is 0 Å². The molecule has 0 aromatic heterocycles. The average molecular weight is 211 g/mol. The highest BCUT2D eigenvalue weighted by molar-refractivity contribution is 7.80. The highest BCUT2D eigenvalue weighted by Gasteiger charge is 2.45. The summed E-state index contributed by atoms with van der Waals surface area (Å²) in [5.41, 5.74) is 0.641. The molecule has 3 aliphatic rings. The summed E-state index contributed by atoms with van der Waals surface area (Å²) in [6.07, 6.45) is 7.38. The van der Waals surface area contributed by atoms with E-state index in [0.29, 0.717) is 5.41 Å². The van der Waals surface area contributed by atoms with Crippen molar-refractivity contribution in [3.8, 4) is 0 Å². The summed E-state index contributed by atoms with van der Waals surface area (Å²) in [5.74, 6) is 3.23. The summed E-state index contributed by atoms with van der Waals surface area (Å²) in [7, 11) is 0. The van der Waals surface area contributed by atoms with Gasteiger partial charge in [0.25, 0.3) is 0 Å². The molecule has 80 valence electrons. The molecule has 2 unspecified atom stereocenters. The fourth-order valence-electron chi connectivity index (χ4n) is 3.48. The lowest BCUT2D eigenvalue weighted by atomic mass is 10.0. The van der Waals surface area contributed by atoms with Crippen molar-refractivity contribution in [3.63, 3.8) is 0 Å². The van der Waals surface area contributed by atoms with Gasteiger partial charge in [-0.15, -0.1) is 0 Å². The first-order chi connectivity index (χ1) is 6.81. The van der Waals surface area contributed by atoms with Crippen LogP contribution in [0.15, 0.2) is 0 Å². The van der Waals surface area contributed by atoms with Gasteiger partial charge in [-0.2, -0.15) is 12.6 Å². The first-order valence-corrected chi connectivity index (χ1v) is 6.78. The first-order valence-electron chi connectivity index (χ1n) is 6.15. The summed E-state index contributed by atoms with van der Waals surface area (Å²) in [5, 5.41) is 0. The van der Waals surface area contributed by atoms with Crippen molar-refractivity contribution >= 4 is 12.6 Å². The molecule has 0 radical (unpaired) electrons. The Labute approximate surface area is 92.7 Å². The summed E-state index contributed by atoms with van der Waals surface area (Å²) in [6, 6.07) is 0. The number of likely N-dealkylation sites (tertiary alicyclic amines) is 1. The molecular weight excluding hydrogens is 190 g/mol. The zero-order valence-corrected chi connectivity index (χ0v) is 9.81. The Balaban J connectivity index is 1.56. The van der Waals surface area contributed by atoms with Crippen LogP contribution in [-0.2, 0) is 0 Å². The minimum Gasteiger partial charge on any atom is -0.302 e. The van der Waals surface area contributed by atoms with Crippen molar-refractivity contribution in [2.75, 3.05) is 25.4 Å². The SMILES string of the molecule is SCC1(CN2CC3CCCC3C2)CC1. The Hall–Kier alpha value is 0.310. The first kappa shape index (κ1) is 9.53. The second-order valence-electron chi connectivity index (χ2n) is 5.80. The topological polar surface area (TPSA) is 3.24 Å². The molecule has 1 aliphatic heterocycles. The maximum atomic E-state index is 4.49. The standard InChI is InChI=1S/C12H21NS/c14-9-12(4-5-12)8-13-6-10-2-1-3-11(10)7-13/h10-11,14H,1-9H2. The number of hydrogen-bond acceptors (Lipinski definition) is 2. The van der Waals surface area contributed by atoms with E-state index in [9.17, 15) is 0 Å². The minimum atomic E-state index is 0.641. The number of fused-ring (bicyclic) bond motifs is 1. The molecule has 0 amide bonds. The quantitative estimate of drug-likeness (QED) is 0.702. The molecule has 0 aromatic rings. The van der Waals surface area contributed by atoms with E-state index < -0.39 is 0 Å². The molecule has 0 aromatic carbocycles. The van der Waals surface area contributed by atoms with Gasteiger partial charge in [0.2, 0.25) is 0 Å². The van der Waals surface area contributed by atoms with E-state index in [-0.39, 0.29) is 0 Å². The van der Waals surface area contributed by atoms with E-state index in [1.165, 1.54) is 51.7 Å². The molecule has 2 saturated carbocycles. The summed E-state index contributed by atoms with van der Waals surface area (Å²) in [6.45, 7) is 4.16. The molecule has 1 heterocycles. The zero-order chi connectivity index (χ0) is 9.60. The van der Waals surface area contributed by atoms with Crippen LogP contribution in [-0.4, -0.2) is 30.3 Å². The van der Waals surface area contributed by atoms with Gasteiger partial charge in [0.05, 0.1) is 0 Å². The molecule has 14 heavy (non-hydrogen) atoms. The van der Waals surface area contributed by atoms with E-state index in [2.05, 4.69) is 17.5 Å². The normalized spacial score (nSPS) is 40.1. The highest BCUT2D eigenvalue weighted by atomic mass is 32.1. The smallest absolute Gasteiger partial charge is 0.00460 e. The lowest BCUT2D eigenvalue weighted by molar-refractivity contribution is 0.260. The van der Waals surface area contributed by atoms with Crippen LogP contribution >= 0.6 is 12.6 Å². The lowest BCUT2D eigenvalue weighted by Crippen LogP contribution is -2.30. The van der Waals surface area contributed by atoms with E-state index in [0.717, 1.165) is 17.6 Å². The zero-order valence-electron chi connectivity index (χ0n) is 8.91. The fraction of sp³-hybridized carbons (Fsp3) is 1.00. The van der Waals surface area contributed by atoms with Crippen molar-refractivity contribution in [2.45, 2.75) is 32.1 Å². The van der Waals surface area contributed by atoms with Crippen molar-refractivity contribution < 1.29 is 0 Å². The number of thiol groups is 1. The van der Waals surface area contributed by atoms with Crippen molar-refractivity contribution in [2.24, 2.45) is 17.3 Å². The molecular formula is C12H21NS. The fourth-order valence-corrected chi connectivity index (χ4v) is 3.89. The van der Waals surface area contributed by atoms with Gasteiger partial charge >= 0.3 is 0 Å². The number of nitrogens with zero attached hydrogens (tertiary/aromatic N) is 1. The Morgan fingerprint density at radius 3 is 2.29 bits per heavy atom. The van der Waals surface area contributed by atoms with Crippen LogP contribution in [0.5, 0.6) is 0 Å². The average Bonchev–Trinajstić information content (AvgIpc) is 2.62. The molecule has 1 saturated heterocycles. The lowest BCUT2D eigenvalue weighted by Gasteiger charge is -2.22. The maximum absolute atomic E-state index is 4.49. The number of rotatable bonds is 3. The Kier molecular flexibility index (Phi) is 2.32. The molecule has 3 fully saturated rings. The van der Waals surface area contributed by atoms with E-state index >= 15 is 0 Å². The Bertz CT molecular complexity index is 212. The molecule has 2 aliphatic carbocycles. The largest absolute Gasteiger partial charge is 0.302 e. The maximum Gasteiger partial charge on any atom is 0.00460 e. The molecule has 3 rings (SSSR count). The Morgan fingerprint density at radius 1 is 1.14 bits per heavy atom. The van der Waals surface area contributed by atoms with Gasteiger partial charge in [-0.3, -0.25) is 0 Å². The Morgan fingerprint density at radius 2 is 1.79 bits per heavy atom. The molecule has 0 N–H and O–H groups in total. The van der Waals surface area contributed by atoms with Gasteiger partial charge in [-0.1, -0.05) is 6.42 Å². The predicted molar refractivity (Wildman–Crippen MR) is 62.8 cm³/mol. The van der Waals surface area contributed by atoms with Gasteiger partial charge in [-0.25, -0.2) is 0 Å². The minimum absolute atomic E-state index is 0.641. The molecule has 2 heteroatoms. The highest BCUT2D eigenvalue weighted by Crippen LogP contribution is 2.48. The predicted octanol–water partition coefficient (Wildman–Crippen LogP) is 2.43. The van der Waals surface area contributed by atoms with E-state index in [1.807, 2.05) is 0 Å². The third kappa shape index (κ3) is 1.61. The van der Waals surface area contributed by atoms with Gasteiger partial charge in [-0.05, 0) is 48.7 Å². The van der Waals surface area contributed by atoms with Crippen molar-refractivity contribution in [1.82, 2.24) is 4.90 Å². The van der Waals surface area contributed by atoms with Crippen LogP contribution in [0, 0.1) is 17.3 Å². The number of hydrogen-bond donors (Lipinski definition) is 1. The van der Waals surface area contributed by atoms with Crippen LogP contribution in [0.3, 0.4) is 0 Å². The second kappa shape index (κ2) is 3.41. The third-order valence-electron chi connectivity index (χ3n) is 4.65. The van der Waals surface area contributed by atoms with Crippen LogP contribution in [0.2, 0.25) is 0 Å². The molecule has 0 bridgehead atoms. The van der Waals surface area contributed by atoms with E-state index in [4.69, 9.17) is 0 Å². The monoisotopic (exact) mass is 211 g/mol. The molecule has 1 nitrogen and oxygen atoms in total. The second-order valence-corrected chi connectivity index (χ2v) is 6.12. The summed E-state index contributed by atoms with van der Waals surface area (Å²) in [4.78, 5) is 2.73. The van der Waals surface area contributed by atoms with Crippen LogP contribution in [0.4, 0.5) is 0 Å². The third-order valence-corrected chi connectivity index (χ3v) is 5.32. The van der Waals surface area contributed by atoms with Gasteiger partial charge in [0, 0.05) is 19.6 Å². The molecule has 2 atom stereocenters. The van der Waals surface area contributed by atoms with Crippen LogP contribution in [0.25, 0.3) is 0 Å². The summed E-state index contributed by atoms with van der Waals surface area (Å²) >= 11 is 4.49. The summed E-state index contributed by atoms with van der Waals surface area (Å²) < 4.78 is 0. The van der Waals surface area contributed by atoms with Gasteiger partial charge < -0.3 is 4.90 Å². The molecule has 0 spiro atoms. The van der Waals surface area contributed by atoms with Crippen LogP contribution < -0.4 is 0 Å². The van der Waals surface area contributed by atoms with Gasteiger partial charge in [0.15, 0.2) is 0 Å². The van der Waals surface area contributed by atoms with Crippen LogP contribution in [0.1, 0.15) is 32.1 Å². The van der Waals surface area contributed by atoms with Crippen molar-refractivity contribution in [3.05, 3.63) is 0 Å².